The predicted molar refractivity (Wildman–Crippen MR) is 179 cm³/mol. The maximum Gasteiger partial charge on any atom is 0.412 e. The van der Waals surface area contributed by atoms with Crippen molar-refractivity contribution in [3.05, 3.63) is 83.2 Å². The number of halogens is 5. The second kappa shape index (κ2) is 14.7. The summed E-state index contributed by atoms with van der Waals surface area (Å²) in [6.45, 7) is 1.49. The Morgan fingerprint density at radius 3 is 2.46 bits per heavy atom. The molecule has 0 bridgehead atoms. The van der Waals surface area contributed by atoms with Crippen molar-refractivity contribution in [2.45, 2.75) is 62.4 Å². The molecule has 16 heteroatoms. The molecule has 270 valence electrons. The molecule has 50 heavy (non-hydrogen) atoms. The molecule has 1 unspecified atom stereocenters. The van der Waals surface area contributed by atoms with E-state index in [4.69, 9.17) is 25.8 Å². The molecule has 2 aliphatic rings. The highest BCUT2D eigenvalue weighted by atomic mass is 35.5. The van der Waals surface area contributed by atoms with Gasteiger partial charge in [-0.05, 0) is 81.5 Å². The van der Waals surface area contributed by atoms with Crippen LogP contribution in [0.4, 0.5) is 23.4 Å². The van der Waals surface area contributed by atoms with E-state index in [1.54, 1.807) is 25.1 Å². The summed E-state index contributed by atoms with van der Waals surface area (Å²) in [4.78, 5) is 14.0. The van der Waals surface area contributed by atoms with E-state index >= 15 is 0 Å². The number of rotatable bonds is 11. The molecule has 0 spiro atoms. The molecule has 10 nitrogen and oxygen atoms in total. The monoisotopic (exact) mass is 739 g/mol. The second-order valence-corrected chi connectivity index (χ2v) is 15.0. The van der Waals surface area contributed by atoms with Gasteiger partial charge in [-0.15, -0.1) is 0 Å². The van der Waals surface area contributed by atoms with Gasteiger partial charge in [-0.25, -0.2) is 32.1 Å². The lowest BCUT2D eigenvalue weighted by Gasteiger charge is -2.46. The van der Waals surface area contributed by atoms with Crippen molar-refractivity contribution in [3.63, 3.8) is 0 Å². The molecule has 2 aliphatic carbocycles. The second-order valence-electron chi connectivity index (χ2n) is 12.8. The molecule has 3 aromatic rings. The summed E-state index contributed by atoms with van der Waals surface area (Å²) in [7, 11) is 2.27. The predicted octanol–water partition coefficient (Wildman–Crippen LogP) is 7.17. The van der Waals surface area contributed by atoms with Gasteiger partial charge in [0.05, 0.1) is 20.8 Å². The van der Waals surface area contributed by atoms with Crippen molar-refractivity contribution in [2.75, 3.05) is 32.6 Å². The van der Waals surface area contributed by atoms with E-state index in [0.717, 1.165) is 4.31 Å². The first-order valence-corrected chi connectivity index (χ1v) is 17.5. The highest BCUT2D eigenvalue weighted by molar-refractivity contribution is 7.92. The van der Waals surface area contributed by atoms with Crippen LogP contribution in [-0.4, -0.2) is 74.9 Å². The third-order valence-electron chi connectivity index (χ3n) is 9.33. The molecular weight excluding hydrogens is 702 g/mol. The van der Waals surface area contributed by atoms with Gasteiger partial charge < -0.3 is 19.1 Å². The van der Waals surface area contributed by atoms with Crippen molar-refractivity contribution >= 4 is 27.4 Å². The van der Waals surface area contributed by atoms with Gasteiger partial charge in [0.25, 0.3) is 10.0 Å². The number of benzene rings is 1. The van der Waals surface area contributed by atoms with Crippen LogP contribution in [0.2, 0.25) is 5.15 Å². The fourth-order valence-electron chi connectivity index (χ4n) is 6.67. The number of sulfonamides is 1. The SMILES string of the molecule is COc1ccc(CN(c2ccncn2)S(=O)(=O)c2ccc(O[C@H]3CC[C@H](C4(C)C=C(F)C=C(C(F)(F)F)C4)C[C@@H]3N(C)C)nc2Cl)c(OC)c1. The Kier molecular flexibility index (Phi) is 11.0. The Morgan fingerprint density at radius 2 is 1.84 bits per heavy atom. The first-order chi connectivity index (χ1) is 23.6. The van der Waals surface area contributed by atoms with Crippen molar-refractivity contribution in [2.24, 2.45) is 11.3 Å². The van der Waals surface area contributed by atoms with Crippen LogP contribution in [-0.2, 0) is 16.6 Å². The van der Waals surface area contributed by atoms with Crippen LogP contribution >= 0.6 is 11.6 Å². The topological polar surface area (TPSA) is 107 Å². The molecule has 4 atom stereocenters. The number of nitrogens with zero attached hydrogens (tertiary/aromatic N) is 5. The van der Waals surface area contributed by atoms with Crippen LogP contribution in [0.25, 0.3) is 0 Å². The normalized spacial score (nSPS) is 22.8. The molecule has 1 aromatic carbocycles. The van der Waals surface area contributed by atoms with E-state index in [1.807, 2.05) is 19.0 Å². The van der Waals surface area contributed by atoms with Gasteiger partial charge in [-0.1, -0.05) is 18.5 Å². The van der Waals surface area contributed by atoms with Gasteiger partial charge in [0.1, 0.15) is 40.5 Å². The molecule has 2 aromatic heterocycles. The third kappa shape index (κ3) is 8.00. The fourth-order valence-corrected chi connectivity index (χ4v) is 8.51. The fraction of sp³-hybridized carbons (Fsp3) is 0.441. The molecule has 5 rings (SSSR count). The zero-order chi connectivity index (χ0) is 36.4. The molecule has 0 N–H and O–H groups in total. The number of pyridine rings is 1. The molecule has 1 fully saturated rings. The minimum Gasteiger partial charge on any atom is -0.497 e. The van der Waals surface area contributed by atoms with Crippen LogP contribution in [0, 0.1) is 11.3 Å². The minimum absolute atomic E-state index is 0.0757. The van der Waals surface area contributed by atoms with Crippen LogP contribution < -0.4 is 18.5 Å². The van der Waals surface area contributed by atoms with E-state index < -0.39 is 39.1 Å². The summed E-state index contributed by atoms with van der Waals surface area (Å²) in [5.74, 6) is -0.0658. The quantitative estimate of drug-likeness (QED) is 0.150. The Labute approximate surface area is 293 Å². The molecule has 0 saturated heterocycles. The third-order valence-corrected chi connectivity index (χ3v) is 11.5. The van der Waals surface area contributed by atoms with Gasteiger partial charge in [0.2, 0.25) is 5.88 Å². The first kappa shape index (κ1) is 37.3. The number of hydrogen-bond donors (Lipinski definition) is 0. The number of anilines is 1. The van der Waals surface area contributed by atoms with E-state index in [9.17, 15) is 26.0 Å². The maximum atomic E-state index is 14.5. The summed E-state index contributed by atoms with van der Waals surface area (Å²) in [6, 6.07) is 8.89. The summed E-state index contributed by atoms with van der Waals surface area (Å²) in [5, 5.41) is -0.333. The summed E-state index contributed by atoms with van der Waals surface area (Å²) in [5.41, 5.74) is -1.39. The zero-order valence-electron chi connectivity index (χ0n) is 28.1. The van der Waals surface area contributed by atoms with Gasteiger partial charge in [-0.3, -0.25) is 0 Å². The number of allylic oxidation sites excluding steroid dienone is 4. The lowest BCUT2D eigenvalue weighted by molar-refractivity contribution is -0.0990. The number of likely N-dealkylation sites (N-methyl/N-ethyl adjacent to an activating group) is 1. The van der Waals surface area contributed by atoms with E-state index in [2.05, 4.69) is 15.0 Å². The summed E-state index contributed by atoms with van der Waals surface area (Å²) in [6.07, 6.45) is 0.477. The lowest BCUT2D eigenvalue weighted by Crippen LogP contribution is -2.49. The summed E-state index contributed by atoms with van der Waals surface area (Å²) >= 11 is 6.55. The number of aromatic nitrogens is 3. The van der Waals surface area contributed by atoms with Crippen LogP contribution in [0.5, 0.6) is 17.4 Å². The van der Waals surface area contributed by atoms with Crippen molar-refractivity contribution < 1.29 is 40.2 Å². The Balaban J connectivity index is 1.38. The highest BCUT2D eigenvalue weighted by Gasteiger charge is 2.47. The van der Waals surface area contributed by atoms with Crippen molar-refractivity contribution in [1.29, 1.82) is 0 Å². The molecule has 0 aliphatic heterocycles. The minimum atomic E-state index is -4.62. The van der Waals surface area contributed by atoms with E-state index in [1.165, 1.54) is 51.0 Å². The van der Waals surface area contributed by atoms with Gasteiger partial charge in [0, 0.05) is 41.6 Å². The molecule has 0 radical (unpaired) electrons. The van der Waals surface area contributed by atoms with Crippen LogP contribution in [0.1, 0.15) is 38.2 Å². The largest absolute Gasteiger partial charge is 0.497 e. The Morgan fingerprint density at radius 1 is 1.08 bits per heavy atom. The standard InChI is InChI=1S/C34H38ClF4N5O5S/c1-33(17-23(34(37,38)39)14-24(36)18-33)22-7-9-27(26(15-22)43(2)3)49-31-11-10-29(32(35)42-31)50(45,46)44(30-12-13-40-20-41-30)19-21-6-8-25(47-4)16-28(21)48-5/h6,8,10-14,16,18,20,22,26-27H,7,9,15,17,19H2,1-5H3/t22-,26-,27-,33?/m0/s1. The van der Waals surface area contributed by atoms with E-state index in [0.29, 0.717) is 42.4 Å². The van der Waals surface area contributed by atoms with Gasteiger partial charge >= 0.3 is 6.18 Å². The number of alkyl halides is 3. The Bertz CT molecular complexity index is 1860. The highest BCUT2D eigenvalue weighted by Crippen LogP contribution is 2.50. The molecule has 2 heterocycles. The average Bonchev–Trinajstić information content (AvgIpc) is 3.06. The van der Waals surface area contributed by atoms with Crippen LogP contribution in [0.3, 0.4) is 0 Å². The first-order valence-electron chi connectivity index (χ1n) is 15.7. The van der Waals surface area contributed by atoms with Gasteiger partial charge in [0.15, 0.2) is 5.15 Å². The van der Waals surface area contributed by atoms with Crippen LogP contribution in [0.15, 0.2) is 77.4 Å². The zero-order valence-corrected chi connectivity index (χ0v) is 29.7. The lowest BCUT2D eigenvalue weighted by atomic mass is 9.63. The molecule has 0 amide bonds. The van der Waals surface area contributed by atoms with Gasteiger partial charge in [-0.2, -0.15) is 13.2 Å². The van der Waals surface area contributed by atoms with E-state index in [-0.39, 0.29) is 46.7 Å². The number of ether oxygens (including phenoxy) is 3. The number of hydrogen-bond acceptors (Lipinski definition) is 9. The molecular formula is C34H38ClF4N5O5S. The average molecular weight is 740 g/mol. The number of methoxy groups -OCH3 is 2. The van der Waals surface area contributed by atoms with Crippen molar-refractivity contribution in [3.8, 4) is 17.4 Å². The van der Waals surface area contributed by atoms with Crippen molar-refractivity contribution in [1.82, 2.24) is 19.9 Å². The maximum absolute atomic E-state index is 14.5. The Hall–Kier alpha value is -3.95. The summed E-state index contributed by atoms with van der Waals surface area (Å²) < 4.78 is 102. The smallest absolute Gasteiger partial charge is 0.412 e. The molecule has 1 saturated carbocycles.